The lowest BCUT2D eigenvalue weighted by Gasteiger charge is -2.20. The minimum Gasteiger partial charge on any atom is -0.394 e. The van der Waals surface area contributed by atoms with Crippen LogP contribution in [0.5, 0.6) is 0 Å². The lowest BCUT2D eigenvalue weighted by atomic mass is 10.0. The molecule has 0 spiro atoms. The third-order valence-electron chi connectivity index (χ3n) is 2.45. The van der Waals surface area contributed by atoms with Crippen molar-refractivity contribution >= 4 is 17.4 Å². The van der Waals surface area contributed by atoms with E-state index in [-0.39, 0.29) is 11.8 Å². The number of H-pyrrole nitrogens is 1. The van der Waals surface area contributed by atoms with Crippen molar-refractivity contribution in [2.75, 3.05) is 24.3 Å². The van der Waals surface area contributed by atoms with Crippen LogP contribution in [0.25, 0.3) is 0 Å². The van der Waals surface area contributed by atoms with E-state index in [2.05, 4.69) is 15.5 Å². The first-order valence-electron chi connectivity index (χ1n) is 4.95. The molecule has 1 aromatic rings. The molecule has 1 fully saturated rings. The van der Waals surface area contributed by atoms with Gasteiger partial charge < -0.3 is 15.8 Å². The maximum Gasteiger partial charge on any atom is 0.231 e. The number of rotatable bonds is 2. The first-order valence-corrected chi connectivity index (χ1v) is 4.95. The molecule has 1 aliphatic heterocycles. The standard InChI is InChI=1S/C9H14N4O2/c10-7-4-11-13-8(7)12-9(14)6-2-1-3-15-5-6/h4,6H,1-3,5,10H2,(H2,11,12,13,14). The summed E-state index contributed by atoms with van der Waals surface area (Å²) in [7, 11) is 0. The summed E-state index contributed by atoms with van der Waals surface area (Å²) in [5.74, 6) is 0.317. The zero-order valence-electron chi connectivity index (χ0n) is 8.32. The van der Waals surface area contributed by atoms with Crippen LogP contribution >= 0.6 is 0 Å². The molecule has 6 heteroatoms. The van der Waals surface area contributed by atoms with Crippen LogP contribution in [-0.2, 0) is 9.53 Å². The summed E-state index contributed by atoms with van der Waals surface area (Å²) in [6.07, 6.45) is 3.25. The maximum atomic E-state index is 11.7. The van der Waals surface area contributed by atoms with Gasteiger partial charge in [0.05, 0.1) is 24.4 Å². The molecule has 1 aliphatic rings. The van der Waals surface area contributed by atoms with Crippen LogP contribution < -0.4 is 11.1 Å². The van der Waals surface area contributed by atoms with Crippen molar-refractivity contribution in [2.45, 2.75) is 12.8 Å². The molecule has 1 aromatic heterocycles. The van der Waals surface area contributed by atoms with Crippen molar-refractivity contribution in [1.29, 1.82) is 0 Å². The van der Waals surface area contributed by atoms with Crippen LogP contribution in [0, 0.1) is 5.92 Å². The quantitative estimate of drug-likeness (QED) is 0.657. The number of amides is 1. The van der Waals surface area contributed by atoms with Crippen LogP contribution in [0.15, 0.2) is 6.20 Å². The minimum absolute atomic E-state index is 0.0642. The highest BCUT2D eigenvalue weighted by molar-refractivity contribution is 5.94. The fourth-order valence-electron chi connectivity index (χ4n) is 1.57. The Morgan fingerprint density at radius 3 is 3.20 bits per heavy atom. The molecule has 0 radical (unpaired) electrons. The zero-order chi connectivity index (χ0) is 10.7. The summed E-state index contributed by atoms with van der Waals surface area (Å²) in [5, 5.41) is 9.05. The van der Waals surface area contributed by atoms with Gasteiger partial charge in [-0.3, -0.25) is 9.89 Å². The molecule has 6 nitrogen and oxygen atoms in total. The molecule has 2 heterocycles. The SMILES string of the molecule is Nc1cn[nH]c1NC(=O)C1CCCOC1. The second-order valence-electron chi connectivity index (χ2n) is 3.60. The molecule has 0 saturated carbocycles. The number of hydrogen-bond acceptors (Lipinski definition) is 4. The second kappa shape index (κ2) is 4.31. The summed E-state index contributed by atoms with van der Waals surface area (Å²) in [5.41, 5.74) is 6.02. The number of anilines is 2. The van der Waals surface area contributed by atoms with Gasteiger partial charge in [0.25, 0.3) is 0 Å². The number of nitrogens with two attached hydrogens (primary N) is 1. The minimum atomic E-state index is -0.0820. The van der Waals surface area contributed by atoms with Gasteiger partial charge in [-0.25, -0.2) is 0 Å². The van der Waals surface area contributed by atoms with E-state index in [0.717, 1.165) is 19.4 Å². The predicted molar refractivity (Wildman–Crippen MR) is 55.2 cm³/mol. The molecule has 15 heavy (non-hydrogen) atoms. The molecule has 0 aromatic carbocycles. The van der Waals surface area contributed by atoms with Crippen molar-refractivity contribution in [3.63, 3.8) is 0 Å². The number of carbonyl (C=O) groups is 1. The van der Waals surface area contributed by atoms with E-state index in [9.17, 15) is 4.79 Å². The Labute approximate surface area is 87.2 Å². The Morgan fingerprint density at radius 1 is 1.73 bits per heavy atom. The lowest BCUT2D eigenvalue weighted by molar-refractivity contribution is -0.123. The smallest absolute Gasteiger partial charge is 0.231 e. The number of carbonyl (C=O) groups excluding carboxylic acids is 1. The van der Waals surface area contributed by atoms with Gasteiger partial charge in [0.1, 0.15) is 0 Å². The first kappa shape index (κ1) is 9.97. The highest BCUT2D eigenvalue weighted by atomic mass is 16.5. The van der Waals surface area contributed by atoms with Gasteiger partial charge in [-0.15, -0.1) is 0 Å². The lowest BCUT2D eigenvalue weighted by Crippen LogP contribution is -2.30. The molecule has 1 amide bonds. The van der Waals surface area contributed by atoms with Gasteiger partial charge >= 0.3 is 0 Å². The third kappa shape index (κ3) is 2.27. The molecular formula is C9H14N4O2. The van der Waals surface area contributed by atoms with Gasteiger partial charge in [0, 0.05) is 6.61 Å². The summed E-state index contributed by atoms with van der Waals surface area (Å²) in [6.45, 7) is 1.23. The molecule has 1 atom stereocenters. The van der Waals surface area contributed by atoms with Crippen LogP contribution in [0.4, 0.5) is 11.5 Å². The van der Waals surface area contributed by atoms with Crippen LogP contribution in [-0.4, -0.2) is 29.3 Å². The van der Waals surface area contributed by atoms with Crippen molar-refractivity contribution in [2.24, 2.45) is 5.92 Å². The largest absolute Gasteiger partial charge is 0.394 e. The third-order valence-corrected chi connectivity index (χ3v) is 2.45. The van der Waals surface area contributed by atoms with Crippen LogP contribution in [0.2, 0.25) is 0 Å². The Kier molecular flexibility index (Phi) is 2.86. The van der Waals surface area contributed by atoms with E-state index in [0.29, 0.717) is 18.1 Å². The molecule has 2 rings (SSSR count). The van der Waals surface area contributed by atoms with E-state index in [4.69, 9.17) is 10.5 Å². The van der Waals surface area contributed by atoms with Crippen molar-refractivity contribution < 1.29 is 9.53 Å². The second-order valence-corrected chi connectivity index (χ2v) is 3.60. The molecule has 1 saturated heterocycles. The Morgan fingerprint density at radius 2 is 2.60 bits per heavy atom. The number of nitrogens with zero attached hydrogens (tertiary/aromatic N) is 1. The number of ether oxygens (including phenoxy) is 1. The number of nitrogens with one attached hydrogen (secondary N) is 2. The monoisotopic (exact) mass is 210 g/mol. The van der Waals surface area contributed by atoms with Crippen molar-refractivity contribution in [3.8, 4) is 0 Å². The van der Waals surface area contributed by atoms with Gasteiger partial charge in [0.2, 0.25) is 5.91 Å². The Hall–Kier alpha value is -1.56. The van der Waals surface area contributed by atoms with E-state index in [1.165, 1.54) is 6.20 Å². The zero-order valence-corrected chi connectivity index (χ0v) is 8.32. The fourth-order valence-corrected chi connectivity index (χ4v) is 1.57. The van der Waals surface area contributed by atoms with Crippen molar-refractivity contribution in [3.05, 3.63) is 6.20 Å². The summed E-state index contributed by atoms with van der Waals surface area (Å²) < 4.78 is 5.23. The Bertz CT molecular complexity index is 344. The number of aromatic amines is 1. The van der Waals surface area contributed by atoms with E-state index >= 15 is 0 Å². The predicted octanol–water partition coefficient (Wildman–Crippen LogP) is 0.357. The molecule has 1 unspecified atom stereocenters. The van der Waals surface area contributed by atoms with Crippen LogP contribution in [0.3, 0.4) is 0 Å². The maximum absolute atomic E-state index is 11.7. The summed E-state index contributed by atoms with van der Waals surface area (Å²) in [4.78, 5) is 11.7. The molecule has 0 bridgehead atoms. The number of nitrogen functional groups attached to an aromatic ring is 1. The normalized spacial score (nSPS) is 21.2. The highest BCUT2D eigenvalue weighted by Gasteiger charge is 2.22. The fraction of sp³-hybridized carbons (Fsp3) is 0.556. The number of aromatic nitrogens is 2. The van der Waals surface area contributed by atoms with Gasteiger partial charge in [-0.2, -0.15) is 5.10 Å². The van der Waals surface area contributed by atoms with Crippen molar-refractivity contribution in [1.82, 2.24) is 10.2 Å². The van der Waals surface area contributed by atoms with Gasteiger partial charge in [0.15, 0.2) is 5.82 Å². The average Bonchev–Trinajstić information content (AvgIpc) is 2.66. The molecule has 0 aliphatic carbocycles. The Balaban J connectivity index is 1.94. The highest BCUT2D eigenvalue weighted by Crippen LogP contribution is 2.18. The van der Waals surface area contributed by atoms with E-state index in [1.54, 1.807) is 0 Å². The van der Waals surface area contributed by atoms with E-state index < -0.39 is 0 Å². The molecular weight excluding hydrogens is 196 g/mol. The van der Waals surface area contributed by atoms with E-state index in [1.807, 2.05) is 0 Å². The topological polar surface area (TPSA) is 93.0 Å². The van der Waals surface area contributed by atoms with Gasteiger partial charge in [-0.1, -0.05) is 0 Å². The summed E-state index contributed by atoms with van der Waals surface area (Å²) >= 11 is 0. The first-order chi connectivity index (χ1) is 7.27. The molecule has 4 N–H and O–H groups in total. The van der Waals surface area contributed by atoms with Crippen LogP contribution in [0.1, 0.15) is 12.8 Å². The summed E-state index contributed by atoms with van der Waals surface area (Å²) in [6, 6.07) is 0. The molecule has 82 valence electrons. The van der Waals surface area contributed by atoms with Gasteiger partial charge in [-0.05, 0) is 12.8 Å². The average molecular weight is 210 g/mol. The number of hydrogen-bond donors (Lipinski definition) is 3.